The number of rotatable bonds is 18. The number of ether oxygens (including phenoxy) is 2. The molecule has 0 saturated carbocycles. The van der Waals surface area contributed by atoms with Crippen molar-refractivity contribution in [2.24, 2.45) is 38.8 Å². The average Bonchev–Trinajstić information content (AvgIpc) is 3.95. The predicted octanol–water partition coefficient (Wildman–Crippen LogP) is 6.65. The Kier molecular flexibility index (Phi) is 14.6. The highest BCUT2D eigenvalue weighted by molar-refractivity contribution is 7.10. The molecular weight excluding hydrogens is 717 g/mol. The van der Waals surface area contributed by atoms with E-state index in [4.69, 9.17) is 19.5 Å². The Morgan fingerprint density at radius 2 is 1.19 bits per heavy atom. The summed E-state index contributed by atoms with van der Waals surface area (Å²) in [5.41, 5.74) is 0.446. The summed E-state index contributed by atoms with van der Waals surface area (Å²) in [6.07, 6.45) is 1.63. The molecule has 0 radical (unpaired) electrons. The van der Waals surface area contributed by atoms with Crippen molar-refractivity contribution in [3.63, 3.8) is 0 Å². The molecule has 3 amide bonds. The van der Waals surface area contributed by atoms with E-state index in [0.29, 0.717) is 22.3 Å². The summed E-state index contributed by atoms with van der Waals surface area (Å²) in [4.78, 5) is 70.7. The van der Waals surface area contributed by atoms with Gasteiger partial charge in [0.2, 0.25) is 17.7 Å². The molecule has 53 heavy (non-hydrogen) atoms. The largest absolute Gasteiger partial charge is 0.474 e. The molecule has 0 aromatic carbocycles. The number of aliphatic imine (C=N–C) groups is 2. The minimum absolute atomic E-state index is 0.000898. The van der Waals surface area contributed by atoms with Crippen molar-refractivity contribution < 1.29 is 23.9 Å². The van der Waals surface area contributed by atoms with Gasteiger partial charge in [0.1, 0.15) is 51.7 Å². The van der Waals surface area contributed by atoms with Gasteiger partial charge in [-0.2, -0.15) is 4.91 Å². The zero-order chi connectivity index (χ0) is 39.1. The molecule has 0 spiro atoms. The van der Waals surface area contributed by atoms with Gasteiger partial charge in [-0.3, -0.25) is 14.4 Å². The second-order valence-corrected chi connectivity index (χ2v) is 16.5. The molecule has 0 bridgehead atoms. The molecule has 2 aromatic rings. The molecule has 11 atom stereocenters. The van der Waals surface area contributed by atoms with Gasteiger partial charge >= 0.3 is 0 Å². The first-order valence-electron chi connectivity index (χ1n) is 18.8. The van der Waals surface area contributed by atoms with Gasteiger partial charge < -0.3 is 25.4 Å². The number of nitrogens with zero attached hydrogens (tertiary/aromatic N) is 5. The molecule has 14 nitrogen and oxygen atoms in total. The van der Waals surface area contributed by atoms with Crippen LogP contribution in [-0.4, -0.2) is 75.9 Å². The SMILES string of the molecule is CCC(C)C(NC(=O)c1csc([C@H](NC(=O)C2N=C(C(NC(=O)c3csc([C@H](N=O)C(C)C)n3)C(C)CC)O[C@@H]2C)C(C)CC)n1)C1=NC(C)[C@@H](C)O1. The molecule has 2 aliphatic heterocycles. The van der Waals surface area contributed by atoms with Crippen molar-refractivity contribution in [3.8, 4) is 0 Å². The van der Waals surface area contributed by atoms with Crippen LogP contribution in [0.1, 0.15) is 138 Å². The Morgan fingerprint density at radius 3 is 1.66 bits per heavy atom. The number of thiazole rings is 2. The van der Waals surface area contributed by atoms with Crippen molar-refractivity contribution in [2.75, 3.05) is 0 Å². The maximum Gasteiger partial charge on any atom is 0.271 e. The molecule has 2 aromatic heterocycles. The van der Waals surface area contributed by atoms with Crippen LogP contribution < -0.4 is 16.0 Å². The monoisotopic (exact) mass is 772 g/mol. The molecule has 292 valence electrons. The van der Waals surface area contributed by atoms with Crippen LogP contribution in [0.2, 0.25) is 0 Å². The molecule has 16 heteroatoms. The highest BCUT2D eigenvalue weighted by Gasteiger charge is 2.40. The number of carbonyl (C=O) groups is 3. The Labute approximate surface area is 320 Å². The number of nitroso groups, excluding NO2 is 1. The van der Waals surface area contributed by atoms with Crippen LogP contribution >= 0.6 is 22.7 Å². The quantitative estimate of drug-likeness (QED) is 0.141. The van der Waals surface area contributed by atoms with Gasteiger partial charge in [0.05, 0.1) is 12.1 Å². The van der Waals surface area contributed by atoms with Gasteiger partial charge in [-0.1, -0.05) is 79.8 Å². The smallest absolute Gasteiger partial charge is 0.271 e. The summed E-state index contributed by atoms with van der Waals surface area (Å²) < 4.78 is 12.2. The van der Waals surface area contributed by atoms with E-state index in [1.807, 2.05) is 55.4 Å². The minimum Gasteiger partial charge on any atom is -0.474 e. The maximum atomic E-state index is 13.9. The second kappa shape index (κ2) is 18.5. The van der Waals surface area contributed by atoms with Crippen LogP contribution in [0.4, 0.5) is 0 Å². The van der Waals surface area contributed by atoms with Gasteiger partial charge in [0.25, 0.3) is 11.8 Å². The highest BCUT2D eigenvalue weighted by Crippen LogP contribution is 2.31. The van der Waals surface area contributed by atoms with E-state index in [2.05, 4.69) is 45.0 Å². The zero-order valence-electron chi connectivity index (χ0n) is 32.7. The lowest BCUT2D eigenvalue weighted by atomic mass is 9.98. The lowest BCUT2D eigenvalue weighted by molar-refractivity contribution is -0.124. The topological polar surface area (TPSA) is 186 Å². The molecule has 0 saturated heterocycles. The number of hydrogen-bond donors (Lipinski definition) is 3. The lowest BCUT2D eigenvalue weighted by Crippen LogP contribution is -2.45. The van der Waals surface area contributed by atoms with Crippen LogP contribution in [0.15, 0.2) is 25.9 Å². The van der Waals surface area contributed by atoms with E-state index >= 15 is 0 Å². The van der Waals surface area contributed by atoms with E-state index < -0.39 is 36.2 Å². The second-order valence-electron chi connectivity index (χ2n) is 14.7. The average molecular weight is 773 g/mol. The van der Waals surface area contributed by atoms with Gasteiger partial charge in [0.15, 0.2) is 6.04 Å². The summed E-state index contributed by atoms with van der Waals surface area (Å²) in [6, 6.07) is -2.96. The number of aromatic nitrogens is 2. The summed E-state index contributed by atoms with van der Waals surface area (Å²) in [7, 11) is 0. The van der Waals surface area contributed by atoms with E-state index in [1.54, 1.807) is 17.7 Å². The van der Waals surface area contributed by atoms with Crippen molar-refractivity contribution in [1.29, 1.82) is 0 Å². The Hall–Kier alpha value is -3.79. The van der Waals surface area contributed by atoms with Crippen molar-refractivity contribution in [1.82, 2.24) is 25.9 Å². The predicted molar refractivity (Wildman–Crippen MR) is 209 cm³/mol. The summed E-state index contributed by atoms with van der Waals surface area (Å²) >= 11 is 2.54. The first kappa shape index (κ1) is 42.0. The van der Waals surface area contributed by atoms with E-state index in [0.717, 1.165) is 12.8 Å². The molecule has 4 heterocycles. The van der Waals surface area contributed by atoms with Crippen LogP contribution in [0, 0.1) is 28.6 Å². The Balaban J connectivity index is 1.49. The van der Waals surface area contributed by atoms with Crippen LogP contribution in [-0.2, 0) is 14.3 Å². The third-order valence-electron chi connectivity index (χ3n) is 10.4. The fraction of sp³-hybridized carbons (Fsp3) is 0.703. The zero-order valence-corrected chi connectivity index (χ0v) is 34.3. The first-order chi connectivity index (χ1) is 25.1. The molecule has 3 N–H and O–H groups in total. The fourth-order valence-corrected chi connectivity index (χ4v) is 7.94. The Bertz CT molecular complexity index is 1660. The van der Waals surface area contributed by atoms with Crippen LogP contribution in [0.25, 0.3) is 0 Å². The van der Waals surface area contributed by atoms with Crippen molar-refractivity contribution in [3.05, 3.63) is 37.1 Å². The molecule has 0 fully saturated rings. The third kappa shape index (κ3) is 9.85. The standard InChI is InChI=1S/C37H56N8O6S2/c1-12-18(6)27(34-38-21(9)22(10)50-34)41-32(47)25-16-53-37(40-25)29(20(8)14-3)43-33(48)30-23(11)51-35(44-30)28(19(7)13-2)42-31(46)24-15-52-36(39-24)26(45-49)17(4)5/h15-23,26-30H,12-14H2,1-11H3,(H,41,47)(H,42,46)(H,43,48)/t18?,19?,20?,21?,22-,23-,26-,27?,28?,29-,30?/m1/s1. The van der Waals surface area contributed by atoms with Crippen molar-refractivity contribution in [2.45, 2.75) is 144 Å². The maximum absolute atomic E-state index is 13.9. The number of nitrogens with one attached hydrogen (secondary N) is 3. The van der Waals surface area contributed by atoms with E-state index in [-0.39, 0.29) is 71.0 Å². The molecule has 7 unspecified atom stereocenters. The van der Waals surface area contributed by atoms with E-state index in [1.165, 1.54) is 22.7 Å². The van der Waals surface area contributed by atoms with Crippen LogP contribution in [0.3, 0.4) is 0 Å². The molecule has 2 aliphatic rings. The van der Waals surface area contributed by atoms with Gasteiger partial charge in [-0.25, -0.2) is 20.0 Å². The fourth-order valence-electron chi connectivity index (χ4n) is 5.96. The number of carbonyl (C=O) groups excluding carboxylic acids is 3. The van der Waals surface area contributed by atoms with E-state index in [9.17, 15) is 19.3 Å². The third-order valence-corrected chi connectivity index (χ3v) is 12.3. The summed E-state index contributed by atoms with van der Waals surface area (Å²) in [6.45, 7) is 21.6. The summed E-state index contributed by atoms with van der Waals surface area (Å²) in [5, 5.41) is 16.9. The molecule has 0 aliphatic carbocycles. The lowest BCUT2D eigenvalue weighted by Gasteiger charge is -2.25. The van der Waals surface area contributed by atoms with Crippen LogP contribution in [0.5, 0.6) is 0 Å². The minimum atomic E-state index is -0.868. The van der Waals surface area contributed by atoms with Crippen molar-refractivity contribution >= 4 is 52.2 Å². The van der Waals surface area contributed by atoms with Gasteiger partial charge in [-0.05, 0) is 44.4 Å². The molecule has 4 rings (SSSR count). The van der Waals surface area contributed by atoms with Gasteiger partial charge in [-0.15, -0.1) is 22.7 Å². The summed E-state index contributed by atoms with van der Waals surface area (Å²) in [5.74, 6) is -0.317. The Morgan fingerprint density at radius 1 is 0.717 bits per heavy atom. The number of amides is 3. The highest BCUT2D eigenvalue weighted by atomic mass is 32.1. The first-order valence-corrected chi connectivity index (χ1v) is 20.5. The normalized spacial score (nSPS) is 23.7. The molecular formula is C37H56N8O6S2. The number of hydrogen-bond acceptors (Lipinski definition) is 13. The van der Waals surface area contributed by atoms with Gasteiger partial charge in [0, 0.05) is 10.8 Å².